The summed E-state index contributed by atoms with van der Waals surface area (Å²) >= 11 is 0. The maximum atomic E-state index is 6.10. The Balaban J connectivity index is 1.52. The summed E-state index contributed by atoms with van der Waals surface area (Å²) in [6.45, 7) is 5.29. The molecule has 2 aromatic carbocycles. The Hall–Kier alpha value is -2.96. The molecule has 1 aliphatic heterocycles. The number of furan rings is 1. The SMILES string of the molecule is c1ccc(-c2nc(NCCN3CCOCC3)c3oc4ccccc4c3n2)cc1. The topological polar surface area (TPSA) is 63.4 Å². The third kappa shape index (κ3) is 3.32. The standard InChI is InChI=1S/C22H22N4O2/c1-2-6-16(7-3-1)21-24-19-17-8-4-5-9-18(17)28-20(19)22(25-21)23-10-11-26-12-14-27-15-13-26/h1-9H,10-15H2,(H,23,24,25). The first-order valence-corrected chi connectivity index (χ1v) is 9.67. The highest BCUT2D eigenvalue weighted by atomic mass is 16.5. The van der Waals surface area contributed by atoms with Crippen LogP contribution in [-0.2, 0) is 4.74 Å². The molecular formula is C22H22N4O2. The molecule has 2 aromatic heterocycles. The Morgan fingerprint density at radius 3 is 2.57 bits per heavy atom. The molecule has 0 aliphatic carbocycles. The number of anilines is 1. The van der Waals surface area contributed by atoms with Gasteiger partial charge in [-0.15, -0.1) is 0 Å². The van der Waals surface area contributed by atoms with E-state index in [0.29, 0.717) is 11.4 Å². The number of benzene rings is 2. The number of nitrogens with zero attached hydrogens (tertiary/aromatic N) is 3. The van der Waals surface area contributed by atoms with E-state index in [1.807, 2.05) is 54.6 Å². The van der Waals surface area contributed by atoms with E-state index < -0.39 is 0 Å². The van der Waals surface area contributed by atoms with E-state index in [0.717, 1.165) is 67.3 Å². The zero-order chi connectivity index (χ0) is 18.8. The van der Waals surface area contributed by atoms with E-state index in [2.05, 4.69) is 10.2 Å². The molecule has 1 fully saturated rings. The normalized spacial score (nSPS) is 15.3. The molecule has 0 saturated carbocycles. The van der Waals surface area contributed by atoms with Gasteiger partial charge in [-0.3, -0.25) is 4.90 Å². The summed E-state index contributed by atoms with van der Waals surface area (Å²) in [5.74, 6) is 1.45. The first-order chi connectivity index (χ1) is 13.9. The lowest BCUT2D eigenvalue weighted by atomic mass is 10.2. The third-order valence-corrected chi connectivity index (χ3v) is 5.08. The van der Waals surface area contributed by atoms with Crippen LogP contribution in [0.3, 0.4) is 0 Å². The van der Waals surface area contributed by atoms with Gasteiger partial charge in [0.2, 0.25) is 0 Å². The summed E-state index contributed by atoms with van der Waals surface area (Å²) in [7, 11) is 0. The van der Waals surface area contributed by atoms with Gasteiger partial charge < -0.3 is 14.5 Å². The van der Waals surface area contributed by atoms with Crippen LogP contribution in [0.15, 0.2) is 59.0 Å². The minimum atomic E-state index is 0.702. The number of ether oxygens (including phenoxy) is 1. The molecule has 0 atom stereocenters. The van der Waals surface area contributed by atoms with Gasteiger partial charge in [0, 0.05) is 37.1 Å². The molecule has 0 bridgehead atoms. The molecule has 6 heteroatoms. The molecule has 4 aromatic rings. The summed E-state index contributed by atoms with van der Waals surface area (Å²) in [6, 6.07) is 18.1. The first kappa shape index (κ1) is 17.2. The lowest BCUT2D eigenvalue weighted by molar-refractivity contribution is 0.0398. The van der Waals surface area contributed by atoms with E-state index in [1.54, 1.807) is 0 Å². The van der Waals surface area contributed by atoms with Crippen molar-refractivity contribution in [2.45, 2.75) is 0 Å². The van der Waals surface area contributed by atoms with Crippen LogP contribution in [-0.4, -0.2) is 54.3 Å². The van der Waals surface area contributed by atoms with Crippen molar-refractivity contribution >= 4 is 27.9 Å². The highest BCUT2D eigenvalue weighted by molar-refractivity contribution is 6.06. The van der Waals surface area contributed by atoms with E-state index in [-0.39, 0.29) is 0 Å². The smallest absolute Gasteiger partial charge is 0.196 e. The van der Waals surface area contributed by atoms with Crippen molar-refractivity contribution in [3.05, 3.63) is 54.6 Å². The second-order valence-corrected chi connectivity index (χ2v) is 6.92. The van der Waals surface area contributed by atoms with Crippen LogP contribution in [0.25, 0.3) is 33.5 Å². The molecular weight excluding hydrogens is 352 g/mol. The molecule has 28 heavy (non-hydrogen) atoms. The number of para-hydroxylation sites is 1. The molecule has 0 amide bonds. The fraction of sp³-hybridized carbons (Fsp3) is 0.273. The van der Waals surface area contributed by atoms with Gasteiger partial charge in [-0.2, -0.15) is 0 Å². The Morgan fingerprint density at radius 2 is 1.71 bits per heavy atom. The quantitative estimate of drug-likeness (QED) is 0.573. The second-order valence-electron chi connectivity index (χ2n) is 6.92. The maximum Gasteiger partial charge on any atom is 0.196 e. The zero-order valence-corrected chi connectivity index (χ0v) is 15.6. The fourth-order valence-electron chi connectivity index (χ4n) is 3.58. The molecule has 5 rings (SSSR count). The van der Waals surface area contributed by atoms with Crippen molar-refractivity contribution in [2.24, 2.45) is 0 Å². The molecule has 0 spiro atoms. The molecule has 142 valence electrons. The van der Waals surface area contributed by atoms with E-state index in [4.69, 9.17) is 19.1 Å². The molecule has 1 aliphatic rings. The number of fused-ring (bicyclic) bond motifs is 3. The van der Waals surface area contributed by atoms with Gasteiger partial charge in [0.05, 0.1) is 13.2 Å². The lowest BCUT2D eigenvalue weighted by Crippen LogP contribution is -2.39. The molecule has 6 nitrogen and oxygen atoms in total. The summed E-state index contributed by atoms with van der Waals surface area (Å²) < 4.78 is 11.5. The highest BCUT2D eigenvalue weighted by Crippen LogP contribution is 2.33. The maximum absolute atomic E-state index is 6.10. The highest BCUT2D eigenvalue weighted by Gasteiger charge is 2.17. The Bertz CT molecular complexity index is 1090. The van der Waals surface area contributed by atoms with Crippen LogP contribution in [0.2, 0.25) is 0 Å². The van der Waals surface area contributed by atoms with Crippen LogP contribution in [0.4, 0.5) is 5.82 Å². The zero-order valence-electron chi connectivity index (χ0n) is 15.6. The van der Waals surface area contributed by atoms with Gasteiger partial charge in [0.25, 0.3) is 0 Å². The number of aromatic nitrogens is 2. The van der Waals surface area contributed by atoms with Crippen LogP contribution in [0.1, 0.15) is 0 Å². The van der Waals surface area contributed by atoms with E-state index in [1.165, 1.54) is 0 Å². The van der Waals surface area contributed by atoms with Crippen LogP contribution in [0, 0.1) is 0 Å². The number of rotatable bonds is 5. The van der Waals surface area contributed by atoms with Gasteiger partial charge in [-0.25, -0.2) is 9.97 Å². The van der Waals surface area contributed by atoms with Crippen LogP contribution < -0.4 is 5.32 Å². The minimum Gasteiger partial charge on any atom is -0.450 e. The van der Waals surface area contributed by atoms with Gasteiger partial charge in [-0.05, 0) is 12.1 Å². The number of hydrogen-bond acceptors (Lipinski definition) is 6. The van der Waals surface area contributed by atoms with Crippen molar-refractivity contribution in [1.29, 1.82) is 0 Å². The predicted octanol–water partition coefficient (Wildman–Crippen LogP) is 3.79. The van der Waals surface area contributed by atoms with Gasteiger partial charge in [-0.1, -0.05) is 42.5 Å². The summed E-state index contributed by atoms with van der Waals surface area (Å²) in [5, 5.41) is 4.49. The Morgan fingerprint density at radius 1 is 0.929 bits per heavy atom. The van der Waals surface area contributed by atoms with Crippen molar-refractivity contribution in [3.63, 3.8) is 0 Å². The summed E-state index contributed by atoms with van der Waals surface area (Å²) in [4.78, 5) is 12.0. The molecule has 0 radical (unpaired) electrons. The van der Waals surface area contributed by atoms with Gasteiger partial charge in [0.15, 0.2) is 17.2 Å². The summed E-state index contributed by atoms with van der Waals surface area (Å²) in [5.41, 5.74) is 3.38. The molecule has 3 heterocycles. The third-order valence-electron chi connectivity index (χ3n) is 5.08. The van der Waals surface area contributed by atoms with Crippen LogP contribution >= 0.6 is 0 Å². The average Bonchev–Trinajstić information content (AvgIpc) is 3.14. The van der Waals surface area contributed by atoms with Gasteiger partial charge >= 0.3 is 0 Å². The number of nitrogens with one attached hydrogen (secondary N) is 1. The van der Waals surface area contributed by atoms with E-state index >= 15 is 0 Å². The Kier molecular flexibility index (Phi) is 4.64. The predicted molar refractivity (Wildman–Crippen MR) is 110 cm³/mol. The van der Waals surface area contributed by atoms with E-state index in [9.17, 15) is 0 Å². The number of morpholine rings is 1. The van der Waals surface area contributed by atoms with Crippen LogP contribution in [0.5, 0.6) is 0 Å². The lowest BCUT2D eigenvalue weighted by Gasteiger charge is -2.26. The number of hydrogen-bond donors (Lipinski definition) is 1. The second kappa shape index (κ2) is 7.58. The Labute approximate surface area is 163 Å². The largest absolute Gasteiger partial charge is 0.450 e. The fourth-order valence-corrected chi connectivity index (χ4v) is 3.58. The minimum absolute atomic E-state index is 0.702. The molecule has 0 unspecified atom stereocenters. The monoisotopic (exact) mass is 374 g/mol. The average molecular weight is 374 g/mol. The van der Waals surface area contributed by atoms with Gasteiger partial charge in [0.1, 0.15) is 11.1 Å². The van der Waals surface area contributed by atoms with Crippen molar-refractivity contribution in [3.8, 4) is 11.4 Å². The van der Waals surface area contributed by atoms with Crippen molar-refractivity contribution in [1.82, 2.24) is 14.9 Å². The summed E-state index contributed by atoms with van der Waals surface area (Å²) in [6.07, 6.45) is 0. The molecule has 1 saturated heterocycles. The van der Waals surface area contributed by atoms with Crippen molar-refractivity contribution < 1.29 is 9.15 Å². The van der Waals surface area contributed by atoms with Crippen molar-refractivity contribution in [2.75, 3.05) is 44.7 Å². The molecule has 1 N–H and O–H groups in total. The first-order valence-electron chi connectivity index (χ1n) is 9.67.